The number of hydrogen-bond donors (Lipinski definition) is 1. The maximum atomic E-state index is 4.62. The quantitative estimate of drug-likeness (QED) is 0.629. The number of nitrogens with one attached hydrogen (secondary N) is 1. The van der Waals surface area contributed by atoms with Gasteiger partial charge in [0.15, 0.2) is 5.65 Å². The summed E-state index contributed by atoms with van der Waals surface area (Å²) in [5, 5.41) is 9.36. The van der Waals surface area contributed by atoms with E-state index in [1.807, 2.05) is 25.1 Å². The van der Waals surface area contributed by atoms with E-state index in [2.05, 4.69) is 31.4 Å². The van der Waals surface area contributed by atoms with Crippen LogP contribution in [0, 0.1) is 0 Å². The Morgan fingerprint density at radius 3 is 3.00 bits per heavy atom. The van der Waals surface area contributed by atoms with E-state index < -0.39 is 0 Å². The molecule has 0 saturated heterocycles. The predicted molar refractivity (Wildman–Crippen MR) is 84.0 cm³/mol. The first-order chi connectivity index (χ1) is 10.4. The average molecular weight is 296 g/mol. The summed E-state index contributed by atoms with van der Waals surface area (Å²) in [4.78, 5) is 13.2. The van der Waals surface area contributed by atoms with Gasteiger partial charge < -0.3 is 5.32 Å². The van der Waals surface area contributed by atoms with Crippen LogP contribution < -0.4 is 5.32 Å². The van der Waals surface area contributed by atoms with Gasteiger partial charge in [-0.25, -0.2) is 15.0 Å². The fraction of sp³-hybridized carbons (Fsp3) is 0.143. The molecule has 0 radical (unpaired) electrons. The number of rotatable bonds is 3. The topological polar surface area (TPSA) is 68.5 Å². The second-order valence-corrected chi connectivity index (χ2v) is 5.52. The molecular formula is C14H12N6S. The van der Waals surface area contributed by atoms with Gasteiger partial charge in [-0.3, -0.25) is 0 Å². The molecule has 3 aromatic heterocycles. The van der Waals surface area contributed by atoms with Crippen LogP contribution >= 0.6 is 11.3 Å². The molecule has 104 valence electrons. The largest absolute Gasteiger partial charge is 0.370 e. The highest BCUT2D eigenvalue weighted by Crippen LogP contribution is 2.27. The number of aromatic nitrogens is 5. The minimum atomic E-state index is 0.764. The molecule has 1 aromatic carbocycles. The van der Waals surface area contributed by atoms with Crippen molar-refractivity contribution < 1.29 is 0 Å². The van der Waals surface area contributed by atoms with Crippen molar-refractivity contribution in [2.45, 2.75) is 6.92 Å². The third-order valence-corrected chi connectivity index (χ3v) is 4.19. The van der Waals surface area contributed by atoms with Crippen LogP contribution in [0.25, 0.3) is 26.4 Å². The van der Waals surface area contributed by atoms with Crippen molar-refractivity contribution in [3.63, 3.8) is 0 Å². The van der Waals surface area contributed by atoms with Gasteiger partial charge in [-0.05, 0) is 19.1 Å². The van der Waals surface area contributed by atoms with E-state index >= 15 is 0 Å². The Hall–Kier alpha value is -2.54. The molecule has 1 N–H and O–H groups in total. The first-order valence-corrected chi connectivity index (χ1v) is 7.47. The lowest BCUT2D eigenvalue weighted by Crippen LogP contribution is -2.01. The van der Waals surface area contributed by atoms with E-state index in [0.717, 1.165) is 38.7 Å². The van der Waals surface area contributed by atoms with Crippen LogP contribution in [0.1, 0.15) is 6.92 Å². The van der Waals surface area contributed by atoms with Crippen LogP contribution in [0.5, 0.6) is 0 Å². The monoisotopic (exact) mass is 296 g/mol. The molecule has 0 atom stereocenters. The Balaban J connectivity index is 1.92. The Kier molecular flexibility index (Phi) is 2.78. The molecule has 0 aliphatic heterocycles. The van der Waals surface area contributed by atoms with Crippen molar-refractivity contribution >= 4 is 38.4 Å². The van der Waals surface area contributed by atoms with Gasteiger partial charge in [-0.1, -0.05) is 23.5 Å². The first kappa shape index (κ1) is 12.2. The molecule has 0 bridgehead atoms. The molecule has 0 spiro atoms. The molecule has 6 nitrogen and oxygen atoms in total. The number of nitrogens with zero attached hydrogens (tertiary/aromatic N) is 5. The number of thiazole rings is 1. The fourth-order valence-electron chi connectivity index (χ4n) is 2.24. The highest BCUT2D eigenvalue weighted by atomic mass is 32.1. The molecule has 0 amide bonds. The molecule has 3 heterocycles. The van der Waals surface area contributed by atoms with Gasteiger partial charge in [0.1, 0.15) is 12.1 Å². The summed E-state index contributed by atoms with van der Waals surface area (Å²) in [6, 6.07) is 8.05. The lowest BCUT2D eigenvalue weighted by molar-refractivity contribution is 0.887. The Bertz CT molecular complexity index is 892. The SMILES string of the molecule is CCNc1ncnc2c1cnn2-c1nc2ccccc2s1. The second kappa shape index (κ2) is 4.78. The van der Waals surface area contributed by atoms with Gasteiger partial charge in [-0.2, -0.15) is 9.78 Å². The van der Waals surface area contributed by atoms with Crippen molar-refractivity contribution in [2.24, 2.45) is 0 Å². The summed E-state index contributed by atoms with van der Waals surface area (Å²) in [6.07, 6.45) is 3.32. The van der Waals surface area contributed by atoms with Gasteiger partial charge in [0.2, 0.25) is 5.13 Å². The number of hydrogen-bond acceptors (Lipinski definition) is 6. The van der Waals surface area contributed by atoms with Crippen molar-refractivity contribution in [2.75, 3.05) is 11.9 Å². The molecule has 4 aromatic rings. The van der Waals surface area contributed by atoms with Crippen LogP contribution in [-0.2, 0) is 0 Å². The van der Waals surface area contributed by atoms with Crippen LogP contribution in [0.4, 0.5) is 5.82 Å². The maximum Gasteiger partial charge on any atom is 0.213 e. The van der Waals surface area contributed by atoms with Crippen LogP contribution in [-0.4, -0.2) is 31.3 Å². The summed E-state index contributed by atoms with van der Waals surface area (Å²) >= 11 is 1.60. The highest BCUT2D eigenvalue weighted by Gasteiger charge is 2.13. The maximum absolute atomic E-state index is 4.62. The van der Waals surface area contributed by atoms with E-state index in [0.29, 0.717) is 0 Å². The van der Waals surface area contributed by atoms with Crippen molar-refractivity contribution in [3.8, 4) is 5.13 Å². The van der Waals surface area contributed by atoms with Crippen LogP contribution in [0.3, 0.4) is 0 Å². The summed E-state index contributed by atoms with van der Waals surface area (Å²) in [5.74, 6) is 0.801. The molecule has 0 saturated carbocycles. The standard InChI is InChI=1S/C14H12N6S/c1-2-15-12-9-7-18-20(13(9)17-8-16-12)14-19-10-5-3-4-6-11(10)21-14/h3-8H,2H2,1H3,(H,15,16,17). The molecule has 0 aliphatic carbocycles. The Labute approximate surface area is 124 Å². The molecule has 21 heavy (non-hydrogen) atoms. The number of benzene rings is 1. The lowest BCUT2D eigenvalue weighted by atomic mass is 10.3. The third kappa shape index (κ3) is 1.93. The molecular weight excluding hydrogens is 284 g/mol. The minimum Gasteiger partial charge on any atom is -0.370 e. The Morgan fingerprint density at radius 2 is 2.14 bits per heavy atom. The summed E-state index contributed by atoms with van der Waals surface area (Å²) in [7, 11) is 0. The first-order valence-electron chi connectivity index (χ1n) is 6.65. The van der Waals surface area contributed by atoms with Crippen LogP contribution in [0.15, 0.2) is 36.8 Å². The van der Waals surface area contributed by atoms with Gasteiger partial charge in [0.25, 0.3) is 0 Å². The lowest BCUT2D eigenvalue weighted by Gasteiger charge is -2.02. The smallest absolute Gasteiger partial charge is 0.213 e. The summed E-state index contributed by atoms with van der Waals surface area (Å²) in [6.45, 7) is 2.84. The van der Waals surface area contributed by atoms with Gasteiger partial charge in [-0.15, -0.1) is 0 Å². The van der Waals surface area contributed by atoms with E-state index in [1.54, 1.807) is 28.5 Å². The molecule has 0 unspecified atom stereocenters. The molecule has 0 aliphatic rings. The van der Waals surface area contributed by atoms with Crippen molar-refractivity contribution in [1.82, 2.24) is 24.7 Å². The molecule has 7 heteroatoms. The van der Waals surface area contributed by atoms with E-state index in [-0.39, 0.29) is 0 Å². The zero-order valence-electron chi connectivity index (χ0n) is 11.3. The van der Waals surface area contributed by atoms with E-state index in [4.69, 9.17) is 0 Å². The second-order valence-electron chi connectivity index (χ2n) is 4.51. The van der Waals surface area contributed by atoms with Gasteiger partial charge in [0, 0.05) is 6.54 Å². The minimum absolute atomic E-state index is 0.764. The zero-order valence-corrected chi connectivity index (χ0v) is 12.1. The summed E-state index contributed by atoms with van der Waals surface area (Å²) in [5.41, 5.74) is 1.74. The van der Waals surface area contributed by atoms with E-state index in [9.17, 15) is 0 Å². The zero-order chi connectivity index (χ0) is 14.2. The number of fused-ring (bicyclic) bond motifs is 2. The fourth-order valence-corrected chi connectivity index (χ4v) is 3.17. The van der Waals surface area contributed by atoms with Gasteiger partial charge in [0.05, 0.1) is 21.8 Å². The molecule has 4 rings (SSSR count). The predicted octanol–water partition coefficient (Wildman–Crippen LogP) is 2.86. The Morgan fingerprint density at radius 1 is 1.24 bits per heavy atom. The normalized spacial score (nSPS) is 11.3. The van der Waals surface area contributed by atoms with Crippen LogP contribution in [0.2, 0.25) is 0 Å². The average Bonchev–Trinajstić information content (AvgIpc) is 3.11. The van der Waals surface area contributed by atoms with Crippen molar-refractivity contribution in [1.29, 1.82) is 0 Å². The van der Waals surface area contributed by atoms with Crippen molar-refractivity contribution in [3.05, 3.63) is 36.8 Å². The van der Waals surface area contributed by atoms with E-state index in [1.165, 1.54) is 0 Å². The highest BCUT2D eigenvalue weighted by molar-refractivity contribution is 7.20. The molecule has 0 fully saturated rings. The summed E-state index contributed by atoms with van der Waals surface area (Å²) < 4.78 is 2.90. The third-order valence-electron chi connectivity index (χ3n) is 3.17. The number of para-hydroxylation sites is 1. The number of anilines is 1. The van der Waals surface area contributed by atoms with Gasteiger partial charge >= 0.3 is 0 Å².